The number of allylic oxidation sites excluding steroid dienone is 11. The number of nitrogens with one attached hydrogen (secondary N) is 1. The number of unbranched alkanes of at least 4 members (excludes halogenated alkanes) is 22. The van der Waals surface area contributed by atoms with Crippen LogP contribution in [-0.4, -0.2) is 87.5 Å². The van der Waals surface area contributed by atoms with E-state index in [0.29, 0.717) is 6.42 Å². The second-order valence-corrected chi connectivity index (χ2v) is 17.6. The number of amides is 1. The van der Waals surface area contributed by atoms with Gasteiger partial charge in [-0.25, -0.2) is 0 Å². The zero-order chi connectivity index (χ0) is 45.9. The van der Waals surface area contributed by atoms with E-state index in [2.05, 4.69) is 79.9 Å². The lowest BCUT2D eigenvalue weighted by Crippen LogP contribution is -2.60. The molecule has 1 aliphatic heterocycles. The Morgan fingerprint density at radius 3 is 1.46 bits per heavy atom. The molecule has 63 heavy (non-hydrogen) atoms. The topological polar surface area (TPSA) is 149 Å². The van der Waals surface area contributed by atoms with E-state index in [9.17, 15) is 30.3 Å². The first-order valence-electron chi connectivity index (χ1n) is 25.7. The smallest absolute Gasteiger partial charge is 0.220 e. The van der Waals surface area contributed by atoms with Gasteiger partial charge in [-0.2, -0.15) is 0 Å². The molecule has 6 N–H and O–H groups in total. The van der Waals surface area contributed by atoms with E-state index in [1.807, 2.05) is 6.08 Å². The minimum absolute atomic E-state index is 0.182. The number of hydrogen-bond acceptors (Lipinski definition) is 8. The van der Waals surface area contributed by atoms with Crippen molar-refractivity contribution >= 4 is 5.91 Å². The van der Waals surface area contributed by atoms with Crippen LogP contribution >= 0.6 is 0 Å². The number of carbonyl (C=O) groups excluding carboxylic acids is 1. The van der Waals surface area contributed by atoms with Gasteiger partial charge in [0.1, 0.15) is 24.4 Å². The van der Waals surface area contributed by atoms with Gasteiger partial charge in [-0.15, -0.1) is 0 Å². The Labute approximate surface area is 385 Å². The van der Waals surface area contributed by atoms with Gasteiger partial charge in [0, 0.05) is 6.42 Å². The molecule has 0 saturated carbocycles. The van der Waals surface area contributed by atoms with Crippen molar-refractivity contribution < 1.29 is 39.8 Å². The number of aliphatic hydroxyl groups excluding tert-OH is 5. The van der Waals surface area contributed by atoms with Gasteiger partial charge in [-0.1, -0.05) is 209 Å². The Bertz CT molecular complexity index is 1210. The molecule has 1 fully saturated rings. The average Bonchev–Trinajstić information content (AvgIpc) is 3.28. The van der Waals surface area contributed by atoms with E-state index in [1.54, 1.807) is 6.08 Å². The van der Waals surface area contributed by atoms with Crippen LogP contribution in [0.5, 0.6) is 0 Å². The Kier molecular flexibility index (Phi) is 40.5. The molecule has 1 saturated heterocycles. The SMILES string of the molecule is CC/C=C\C/C=C\C/C=C\C/C=C\C/C=C\CCCCCCCCCCCCCCCCCC(=O)NC(COC1OC(CO)C(O)C(O)C1O)C(O)/C=C/CCCCCCCCC. The van der Waals surface area contributed by atoms with Crippen molar-refractivity contribution in [3.63, 3.8) is 0 Å². The summed E-state index contributed by atoms with van der Waals surface area (Å²) >= 11 is 0. The summed E-state index contributed by atoms with van der Waals surface area (Å²) in [4.78, 5) is 13.0. The highest BCUT2D eigenvalue weighted by molar-refractivity contribution is 5.76. The summed E-state index contributed by atoms with van der Waals surface area (Å²) in [6.07, 6.45) is 52.6. The molecule has 0 aromatic carbocycles. The van der Waals surface area contributed by atoms with Crippen LogP contribution in [0.4, 0.5) is 0 Å². The summed E-state index contributed by atoms with van der Waals surface area (Å²) in [6, 6.07) is -0.805. The maximum atomic E-state index is 13.0. The molecule has 9 heteroatoms. The fourth-order valence-corrected chi connectivity index (χ4v) is 7.71. The molecule has 0 aliphatic carbocycles. The second kappa shape index (κ2) is 43.5. The fraction of sp³-hybridized carbons (Fsp3) is 0.759. The number of aliphatic hydroxyl groups is 5. The predicted octanol–water partition coefficient (Wildman–Crippen LogP) is 11.7. The monoisotopic (exact) mass is 886 g/mol. The van der Waals surface area contributed by atoms with E-state index in [-0.39, 0.29) is 12.5 Å². The fourth-order valence-electron chi connectivity index (χ4n) is 7.71. The van der Waals surface area contributed by atoms with Crippen molar-refractivity contribution in [2.24, 2.45) is 0 Å². The minimum atomic E-state index is -1.57. The van der Waals surface area contributed by atoms with Gasteiger partial charge in [0.2, 0.25) is 5.91 Å². The predicted molar refractivity (Wildman–Crippen MR) is 262 cm³/mol. The highest BCUT2D eigenvalue weighted by Crippen LogP contribution is 2.23. The molecule has 0 radical (unpaired) electrons. The van der Waals surface area contributed by atoms with Crippen molar-refractivity contribution in [1.29, 1.82) is 0 Å². The third-order valence-electron chi connectivity index (χ3n) is 11.8. The highest BCUT2D eigenvalue weighted by Gasteiger charge is 2.44. The third kappa shape index (κ3) is 33.7. The zero-order valence-electron chi connectivity index (χ0n) is 40.1. The largest absolute Gasteiger partial charge is 0.394 e. The zero-order valence-corrected chi connectivity index (χ0v) is 40.1. The molecule has 1 rings (SSSR count). The van der Waals surface area contributed by atoms with Gasteiger partial charge in [0.15, 0.2) is 6.29 Å². The minimum Gasteiger partial charge on any atom is -0.394 e. The van der Waals surface area contributed by atoms with Gasteiger partial charge < -0.3 is 40.3 Å². The van der Waals surface area contributed by atoms with Gasteiger partial charge in [0.05, 0.1) is 25.4 Å². The molecule has 0 spiro atoms. The molecule has 1 aliphatic rings. The van der Waals surface area contributed by atoms with Crippen LogP contribution in [0.15, 0.2) is 72.9 Å². The highest BCUT2D eigenvalue weighted by atomic mass is 16.7. The van der Waals surface area contributed by atoms with Crippen LogP contribution in [-0.2, 0) is 14.3 Å². The maximum absolute atomic E-state index is 13.0. The summed E-state index contributed by atoms with van der Waals surface area (Å²) in [5, 5.41) is 54.1. The van der Waals surface area contributed by atoms with Crippen molar-refractivity contribution in [2.75, 3.05) is 13.2 Å². The summed E-state index contributed by atoms with van der Waals surface area (Å²) in [5.74, 6) is -0.182. The van der Waals surface area contributed by atoms with Crippen LogP contribution in [0, 0.1) is 0 Å². The first-order valence-corrected chi connectivity index (χ1v) is 25.7. The van der Waals surface area contributed by atoms with Crippen LogP contribution in [0.3, 0.4) is 0 Å². The first kappa shape index (κ1) is 58.6. The lowest BCUT2D eigenvalue weighted by atomic mass is 9.99. The molecular formula is C54H95NO8. The van der Waals surface area contributed by atoms with Crippen LogP contribution in [0.1, 0.15) is 206 Å². The van der Waals surface area contributed by atoms with Gasteiger partial charge >= 0.3 is 0 Å². The second-order valence-electron chi connectivity index (χ2n) is 17.6. The quantitative estimate of drug-likeness (QED) is 0.0262. The Morgan fingerprint density at radius 2 is 0.984 bits per heavy atom. The van der Waals surface area contributed by atoms with Crippen LogP contribution in [0.2, 0.25) is 0 Å². The summed E-state index contributed by atoms with van der Waals surface area (Å²) in [7, 11) is 0. The number of rotatable bonds is 42. The van der Waals surface area contributed by atoms with Crippen LogP contribution in [0.25, 0.3) is 0 Å². The molecule has 1 heterocycles. The van der Waals surface area contributed by atoms with Crippen molar-refractivity contribution in [3.8, 4) is 0 Å². The number of ether oxygens (including phenoxy) is 2. The first-order chi connectivity index (χ1) is 30.8. The Hall–Kier alpha value is -2.37. The molecule has 1 amide bonds. The summed E-state index contributed by atoms with van der Waals surface area (Å²) < 4.78 is 11.2. The number of carbonyl (C=O) groups is 1. The summed E-state index contributed by atoms with van der Waals surface area (Å²) in [6.45, 7) is 3.62. The summed E-state index contributed by atoms with van der Waals surface area (Å²) in [5.41, 5.74) is 0. The molecule has 9 nitrogen and oxygen atoms in total. The molecule has 364 valence electrons. The Balaban J connectivity index is 2.13. The Morgan fingerprint density at radius 1 is 0.556 bits per heavy atom. The third-order valence-corrected chi connectivity index (χ3v) is 11.8. The maximum Gasteiger partial charge on any atom is 0.220 e. The van der Waals surface area contributed by atoms with E-state index >= 15 is 0 Å². The molecule has 0 aromatic rings. The average molecular weight is 886 g/mol. The molecule has 0 aromatic heterocycles. The van der Waals surface area contributed by atoms with E-state index in [4.69, 9.17) is 9.47 Å². The molecular weight excluding hydrogens is 791 g/mol. The van der Waals surface area contributed by atoms with E-state index < -0.39 is 49.5 Å². The van der Waals surface area contributed by atoms with E-state index in [0.717, 1.165) is 70.6 Å². The van der Waals surface area contributed by atoms with Crippen molar-refractivity contribution in [2.45, 2.75) is 249 Å². The molecule has 7 unspecified atom stereocenters. The van der Waals surface area contributed by atoms with Crippen LogP contribution < -0.4 is 5.32 Å². The lowest BCUT2D eigenvalue weighted by molar-refractivity contribution is -0.302. The van der Waals surface area contributed by atoms with Gasteiger partial charge in [-0.3, -0.25) is 4.79 Å². The lowest BCUT2D eigenvalue weighted by Gasteiger charge is -2.40. The molecule has 7 atom stereocenters. The molecule has 0 bridgehead atoms. The van der Waals surface area contributed by atoms with Crippen molar-refractivity contribution in [3.05, 3.63) is 72.9 Å². The standard InChI is InChI=1S/C54H95NO8/c1-3-5-7-9-11-13-14-15-16-17-18-19-20-21-22-23-24-25-26-27-28-29-30-31-32-33-34-36-38-40-42-44-50(58)55-47(48(57)43-41-39-37-35-12-10-8-6-4-2)46-62-54-53(61)52(60)51(59)49(45-56)63-54/h5,7,11,13,15-16,18-19,21-22,41,43,47-49,51-54,56-57,59-61H,3-4,6,8-10,12,14,17,20,23-40,42,44-46H2,1-2H3,(H,55,58)/b7-5-,13-11-,16-15-,19-18-,22-21-,43-41+. The number of hydrogen-bond donors (Lipinski definition) is 6. The van der Waals surface area contributed by atoms with Gasteiger partial charge in [-0.05, 0) is 64.2 Å². The van der Waals surface area contributed by atoms with E-state index in [1.165, 1.54) is 116 Å². The normalized spacial score (nSPS) is 20.8. The van der Waals surface area contributed by atoms with Gasteiger partial charge in [0.25, 0.3) is 0 Å². The van der Waals surface area contributed by atoms with Crippen molar-refractivity contribution in [1.82, 2.24) is 5.32 Å².